The third-order valence-corrected chi connectivity index (χ3v) is 4.17. The lowest BCUT2D eigenvalue weighted by atomic mass is 10.0. The highest BCUT2D eigenvalue weighted by atomic mass is 16.2. The van der Waals surface area contributed by atoms with E-state index in [4.69, 9.17) is 5.26 Å². The molecule has 0 radical (unpaired) electrons. The molecule has 1 fully saturated rings. The van der Waals surface area contributed by atoms with Gasteiger partial charge in [-0.2, -0.15) is 5.26 Å². The summed E-state index contributed by atoms with van der Waals surface area (Å²) in [6.07, 6.45) is 0.717. The summed E-state index contributed by atoms with van der Waals surface area (Å²) in [6, 6.07) is 17.8. The molecule has 5 nitrogen and oxygen atoms in total. The van der Waals surface area contributed by atoms with Crippen LogP contribution in [-0.4, -0.2) is 23.4 Å². The zero-order valence-electron chi connectivity index (χ0n) is 13.3. The fourth-order valence-electron chi connectivity index (χ4n) is 3.04. The van der Waals surface area contributed by atoms with Gasteiger partial charge in [0.25, 0.3) is 5.91 Å². The number of urea groups is 1. The van der Waals surface area contributed by atoms with E-state index in [2.05, 4.69) is 0 Å². The van der Waals surface area contributed by atoms with Gasteiger partial charge < -0.3 is 4.90 Å². The third-order valence-electron chi connectivity index (χ3n) is 4.17. The van der Waals surface area contributed by atoms with Crippen molar-refractivity contribution in [3.63, 3.8) is 0 Å². The number of amides is 3. The van der Waals surface area contributed by atoms with Crippen LogP contribution in [0.3, 0.4) is 0 Å². The molecule has 24 heavy (non-hydrogen) atoms. The van der Waals surface area contributed by atoms with Gasteiger partial charge in [0.15, 0.2) is 0 Å². The Bertz CT molecular complexity index is 811. The van der Waals surface area contributed by atoms with Crippen LogP contribution in [0, 0.1) is 11.3 Å². The van der Waals surface area contributed by atoms with Crippen LogP contribution in [0.1, 0.15) is 30.5 Å². The highest BCUT2D eigenvalue weighted by Gasteiger charge is 2.40. The van der Waals surface area contributed by atoms with Crippen LogP contribution in [0.4, 0.5) is 10.5 Å². The number of benzene rings is 2. The van der Waals surface area contributed by atoms with E-state index in [9.17, 15) is 9.59 Å². The predicted octanol–water partition coefficient (Wildman–Crippen LogP) is 3.48. The molecule has 0 N–H and O–H groups in total. The van der Waals surface area contributed by atoms with Crippen LogP contribution in [0.15, 0.2) is 54.6 Å². The first-order chi connectivity index (χ1) is 11.7. The van der Waals surface area contributed by atoms with Crippen molar-refractivity contribution in [1.82, 2.24) is 4.90 Å². The molecular weight excluding hydrogens is 302 g/mol. The molecule has 1 saturated heterocycles. The normalized spacial score (nSPS) is 15.5. The molecule has 120 valence electrons. The summed E-state index contributed by atoms with van der Waals surface area (Å²) in [5.74, 6) is -0.274. The van der Waals surface area contributed by atoms with Crippen molar-refractivity contribution in [2.24, 2.45) is 0 Å². The summed E-state index contributed by atoms with van der Waals surface area (Å²) < 4.78 is 0. The third kappa shape index (κ3) is 2.74. The van der Waals surface area contributed by atoms with Crippen LogP contribution < -0.4 is 4.90 Å². The SMILES string of the molecule is CCC(c1ccccc1)N1CC(=O)N(c2cccc(C#N)c2)C1=O. The standard InChI is InChI=1S/C19H17N3O2/c1-2-17(15-8-4-3-5-9-15)21-13-18(23)22(19(21)24)16-10-6-7-14(11-16)12-20/h3-11,17H,2,13H2,1H3. The summed E-state index contributed by atoms with van der Waals surface area (Å²) in [7, 11) is 0. The Morgan fingerprint density at radius 1 is 1.12 bits per heavy atom. The summed E-state index contributed by atoms with van der Waals surface area (Å²) in [5, 5.41) is 9.01. The molecule has 1 atom stereocenters. The van der Waals surface area contributed by atoms with Crippen LogP contribution in [0.5, 0.6) is 0 Å². The first kappa shape index (κ1) is 15.8. The zero-order valence-corrected chi connectivity index (χ0v) is 13.3. The van der Waals surface area contributed by atoms with Crippen molar-refractivity contribution in [2.45, 2.75) is 19.4 Å². The van der Waals surface area contributed by atoms with E-state index < -0.39 is 0 Å². The Kier molecular flexibility index (Phi) is 4.30. The lowest BCUT2D eigenvalue weighted by Gasteiger charge is -2.26. The van der Waals surface area contributed by atoms with Gasteiger partial charge in [-0.3, -0.25) is 4.79 Å². The first-order valence-electron chi connectivity index (χ1n) is 7.84. The zero-order chi connectivity index (χ0) is 17.1. The number of carbonyl (C=O) groups is 2. The molecule has 0 aliphatic carbocycles. The van der Waals surface area contributed by atoms with E-state index in [-0.39, 0.29) is 24.5 Å². The van der Waals surface area contributed by atoms with E-state index >= 15 is 0 Å². The Hall–Kier alpha value is -3.13. The number of carbonyl (C=O) groups excluding carboxylic acids is 2. The van der Waals surface area contributed by atoms with Crippen molar-refractivity contribution in [3.05, 3.63) is 65.7 Å². The fraction of sp³-hybridized carbons (Fsp3) is 0.211. The van der Waals surface area contributed by atoms with Crippen molar-refractivity contribution < 1.29 is 9.59 Å². The minimum Gasteiger partial charge on any atom is -0.308 e. The molecular formula is C19H17N3O2. The van der Waals surface area contributed by atoms with Crippen molar-refractivity contribution in [3.8, 4) is 6.07 Å². The highest BCUT2D eigenvalue weighted by Crippen LogP contribution is 2.31. The second-order valence-corrected chi connectivity index (χ2v) is 5.64. The molecule has 1 heterocycles. The van der Waals surface area contributed by atoms with Crippen molar-refractivity contribution >= 4 is 17.6 Å². The second-order valence-electron chi connectivity index (χ2n) is 5.64. The smallest absolute Gasteiger partial charge is 0.308 e. The van der Waals surface area contributed by atoms with Gasteiger partial charge in [-0.15, -0.1) is 0 Å². The quantitative estimate of drug-likeness (QED) is 0.810. The molecule has 1 unspecified atom stereocenters. The lowest BCUT2D eigenvalue weighted by Crippen LogP contribution is -2.35. The van der Waals surface area contributed by atoms with Gasteiger partial charge in [-0.1, -0.05) is 43.3 Å². The van der Waals surface area contributed by atoms with Crippen molar-refractivity contribution in [2.75, 3.05) is 11.4 Å². The topological polar surface area (TPSA) is 64.4 Å². The van der Waals surface area contributed by atoms with E-state index in [0.717, 1.165) is 16.9 Å². The molecule has 0 aromatic heterocycles. The number of rotatable bonds is 4. The fourth-order valence-corrected chi connectivity index (χ4v) is 3.04. The molecule has 3 rings (SSSR count). The van der Waals surface area contributed by atoms with Crippen LogP contribution in [0.2, 0.25) is 0 Å². The molecule has 1 aliphatic heterocycles. The number of nitrogens with zero attached hydrogens (tertiary/aromatic N) is 3. The second kappa shape index (κ2) is 6.55. The number of nitriles is 1. The number of anilines is 1. The minimum atomic E-state index is -0.342. The summed E-state index contributed by atoms with van der Waals surface area (Å²) >= 11 is 0. The van der Waals surface area contributed by atoms with E-state index in [0.29, 0.717) is 11.3 Å². The van der Waals surface area contributed by atoms with Crippen LogP contribution in [0.25, 0.3) is 0 Å². The van der Waals surface area contributed by atoms with Gasteiger partial charge in [-0.25, -0.2) is 9.69 Å². The maximum Gasteiger partial charge on any atom is 0.332 e. The number of hydrogen-bond donors (Lipinski definition) is 0. The maximum absolute atomic E-state index is 12.8. The van der Waals surface area contributed by atoms with Gasteiger partial charge in [0.2, 0.25) is 0 Å². The van der Waals surface area contributed by atoms with Crippen LogP contribution in [-0.2, 0) is 4.79 Å². The minimum absolute atomic E-state index is 0.0447. The predicted molar refractivity (Wildman–Crippen MR) is 90.2 cm³/mol. The Labute approximate surface area is 140 Å². The molecule has 0 saturated carbocycles. The molecule has 2 aromatic rings. The lowest BCUT2D eigenvalue weighted by molar-refractivity contribution is -0.116. The molecule has 2 aromatic carbocycles. The first-order valence-corrected chi connectivity index (χ1v) is 7.84. The van der Waals surface area contributed by atoms with Gasteiger partial charge >= 0.3 is 6.03 Å². The Balaban J connectivity index is 1.92. The van der Waals surface area contributed by atoms with Gasteiger partial charge in [0.05, 0.1) is 23.4 Å². The summed E-state index contributed by atoms with van der Waals surface area (Å²) in [6.45, 7) is 2.04. The molecule has 0 spiro atoms. The van der Waals surface area contributed by atoms with Gasteiger partial charge in [0.1, 0.15) is 6.54 Å². The van der Waals surface area contributed by atoms with E-state index in [1.807, 2.05) is 43.3 Å². The number of hydrogen-bond acceptors (Lipinski definition) is 3. The van der Waals surface area contributed by atoms with E-state index in [1.165, 1.54) is 0 Å². The molecule has 5 heteroatoms. The summed E-state index contributed by atoms with van der Waals surface area (Å²) in [4.78, 5) is 28.0. The molecule has 0 bridgehead atoms. The maximum atomic E-state index is 12.8. The Morgan fingerprint density at radius 2 is 1.88 bits per heavy atom. The monoisotopic (exact) mass is 319 g/mol. The number of imide groups is 1. The average molecular weight is 319 g/mol. The molecule has 1 aliphatic rings. The van der Waals surface area contributed by atoms with Gasteiger partial charge in [0, 0.05) is 0 Å². The van der Waals surface area contributed by atoms with E-state index in [1.54, 1.807) is 29.2 Å². The largest absolute Gasteiger partial charge is 0.332 e. The average Bonchev–Trinajstić information content (AvgIpc) is 2.91. The highest BCUT2D eigenvalue weighted by molar-refractivity contribution is 6.19. The Morgan fingerprint density at radius 3 is 2.54 bits per heavy atom. The van der Waals surface area contributed by atoms with Crippen molar-refractivity contribution in [1.29, 1.82) is 5.26 Å². The van der Waals surface area contributed by atoms with Gasteiger partial charge in [-0.05, 0) is 30.2 Å². The molecule has 3 amide bonds. The van der Waals surface area contributed by atoms with Crippen LogP contribution >= 0.6 is 0 Å². The summed E-state index contributed by atoms with van der Waals surface area (Å²) in [5.41, 5.74) is 1.87.